The van der Waals surface area contributed by atoms with Crippen LogP contribution in [-0.4, -0.2) is 19.9 Å². The monoisotopic (exact) mass is 282 g/mol. The number of rotatable bonds is 5. The van der Waals surface area contributed by atoms with Crippen LogP contribution in [0.25, 0.3) is 0 Å². The SMILES string of the molecule is Cc1cc(S(=O)(=O)NCCc2cc[nH]c2)ccc1F. The van der Waals surface area contributed by atoms with Gasteiger partial charge in [0.1, 0.15) is 5.82 Å². The van der Waals surface area contributed by atoms with Crippen molar-refractivity contribution in [2.75, 3.05) is 6.54 Å². The van der Waals surface area contributed by atoms with E-state index in [1.165, 1.54) is 19.1 Å². The largest absolute Gasteiger partial charge is 0.367 e. The van der Waals surface area contributed by atoms with Crippen LogP contribution in [0.1, 0.15) is 11.1 Å². The molecule has 0 radical (unpaired) electrons. The Bertz CT molecular complexity index is 651. The molecule has 0 bridgehead atoms. The smallest absolute Gasteiger partial charge is 0.240 e. The number of aromatic amines is 1. The molecule has 102 valence electrons. The van der Waals surface area contributed by atoms with Crippen molar-refractivity contribution < 1.29 is 12.8 Å². The van der Waals surface area contributed by atoms with Gasteiger partial charge in [0.15, 0.2) is 0 Å². The molecule has 19 heavy (non-hydrogen) atoms. The minimum Gasteiger partial charge on any atom is -0.367 e. The highest BCUT2D eigenvalue weighted by molar-refractivity contribution is 7.89. The molecule has 4 nitrogen and oxygen atoms in total. The maximum absolute atomic E-state index is 13.1. The fraction of sp³-hybridized carbons (Fsp3) is 0.231. The summed E-state index contributed by atoms with van der Waals surface area (Å²) in [6.07, 6.45) is 4.20. The Hall–Kier alpha value is -1.66. The van der Waals surface area contributed by atoms with Crippen LogP contribution in [0.2, 0.25) is 0 Å². The van der Waals surface area contributed by atoms with Crippen molar-refractivity contribution in [3.05, 3.63) is 53.6 Å². The van der Waals surface area contributed by atoms with E-state index in [9.17, 15) is 12.8 Å². The van der Waals surface area contributed by atoms with E-state index in [0.717, 1.165) is 11.6 Å². The third kappa shape index (κ3) is 3.42. The van der Waals surface area contributed by atoms with E-state index < -0.39 is 15.8 Å². The third-order valence-electron chi connectivity index (χ3n) is 2.81. The normalized spacial score (nSPS) is 11.7. The topological polar surface area (TPSA) is 62.0 Å². The zero-order chi connectivity index (χ0) is 13.9. The van der Waals surface area contributed by atoms with Gasteiger partial charge in [-0.3, -0.25) is 0 Å². The van der Waals surface area contributed by atoms with Crippen molar-refractivity contribution >= 4 is 10.0 Å². The Labute approximate surface area is 111 Å². The summed E-state index contributed by atoms with van der Waals surface area (Å²) in [6.45, 7) is 1.84. The van der Waals surface area contributed by atoms with Gasteiger partial charge in [-0.1, -0.05) is 0 Å². The molecule has 6 heteroatoms. The van der Waals surface area contributed by atoms with Gasteiger partial charge in [0.05, 0.1) is 4.90 Å². The fourth-order valence-corrected chi connectivity index (χ4v) is 2.83. The Balaban J connectivity index is 2.03. The Morgan fingerprint density at radius 1 is 1.32 bits per heavy atom. The molecule has 0 amide bonds. The molecule has 0 aliphatic heterocycles. The summed E-state index contributed by atoms with van der Waals surface area (Å²) in [6, 6.07) is 5.64. The van der Waals surface area contributed by atoms with Crippen molar-refractivity contribution in [2.45, 2.75) is 18.2 Å². The molecule has 1 aromatic heterocycles. The van der Waals surface area contributed by atoms with Crippen LogP contribution in [-0.2, 0) is 16.4 Å². The first-order valence-corrected chi connectivity index (χ1v) is 7.35. The van der Waals surface area contributed by atoms with Crippen LogP contribution >= 0.6 is 0 Å². The van der Waals surface area contributed by atoms with Gasteiger partial charge in [0, 0.05) is 18.9 Å². The second-order valence-electron chi connectivity index (χ2n) is 4.28. The maximum atomic E-state index is 13.1. The first kappa shape index (κ1) is 13.8. The van der Waals surface area contributed by atoms with E-state index >= 15 is 0 Å². The minimum atomic E-state index is -3.58. The quantitative estimate of drug-likeness (QED) is 0.881. The molecule has 0 aliphatic carbocycles. The van der Waals surface area contributed by atoms with Gasteiger partial charge in [0.2, 0.25) is 10.0 Å². The van der Waals surface area contributed by atoms with Crippen LogP contribution in [0.4, 0.5) is 4.39 Å². The molecular formula is C13H15FN2O2S. The number of hydrogen-bond donors (Lipinski definition) is 2. The minimum absolute atomic E-state index is 0.0838. The summed E-state index contributed by atoms with van der Waals surface area (Å²) < 4.78 is 39.6. The number of hydrogen-bond acceptors (Lipinski definition) is 2. The molecule has 0 saturated carbocycles. The van der Waals surface area contributed by atoms with E-state index in [1.807, 2.05) is 12.3 Å². The van der Waals surface area contributed by atoms with Crippen molar-refractivity contribution in [2.24, 2.45) is 0 Å². The second-order valence-corrected chi connectivity index (χ2v) is 6.04. The lowest BCUT2D eigenvalue weighted by Crippen LogP contribution is -2.26. The van der Waals surface area contributed by atoms with Gasteiger partial charge in [-0.25, -0.2) is 17.5 Å². The highest BCUT2D eigenvalue weighted by Gasteiger charge is 2.14. The van der Waals surface area contributed by atoms with Gasteiger partial charge in [-0.2, -0.15) is 0 Å². The molecule has 2 aromatic rings. The molecule has 0 unspecified atom stereocenters. The molecule has 0 fully saturated rings. The zero-order valence-corrected chi connectivity index (χ0v) is 11.3. The number of halogens is 1. The van der Waals surface area contributed by atoms with Gasteiger partial charge in [-0.15, -0.1) is 0 Å². The molecule has 2 rings (SSSR count). The summed E-state index contributed by atoms with van der Waals surface area (Å²) in [7, 11) is -3.58. The second kappa shape index (κ2) is 5.54. The summed E-state index contributed by atoms with van der Waals surface area (Å²) in [4.78, 5) is 2.99. The van der Waals surface area contributed by atoms with Gasteiger partial charge >= 0.3 is 0 Å². The lowest BCUT2D eigenvalue weighted by molar-refractivity contribution is 0.580. The third-order valence-corrected chi connectivity index (χ3v) is 4.27. The molecule has 1 heterocycles. The number of H-pyrrole nitrogens is 1. The maximum Gasteiger partial charge on any atom is 0.240 e. The predicted octanol–water partition coefficient (Wildman–Crippen LogP) is 1.98. The van der Waals surface area contributed by atoms with Gasteiger partial charge in [-0.05, 0) is 48.7 Å². The molecule has 2 N–H and O–H groups in total. The van der Waals surface area contributed by atoms with Crippen molar-refractivity contribution in [1.29, 1.82) is 0 Å². The van der Waals surface area contributed by atoms with Gasteiger partial charge < -0.3 is 4.98 Å². The van der Waals surface area contributed by atoms with Crippen molar-refractivity contribution in [3.63, 3.8) is 0 Å². The summed E-state index contributed by atoms with van der Waals surface area (Å²) in [5.74, 6) is -0.411. The zero-order valence-electron chi connectivity index (χ0n) is 10.5. The van der Waals surface area contributed by atoms with Crippen LogP contribution in [0.5, 0.6) is 0 Å². The average molecular weight is 282 g/mol. The Kier molecular flexibility index (Phi) is 4.01. The van der Waals surface area contributed by atoms with Gasteiger partial charge in [0.25, 0.3) is 0 Å². The summed E-state index contributed by atoms with van der Waals surface area (Å²) in [5.41, 5.74) is 1.34. The fourth-order valence-electron chi connectivity index (χ4n) is 1.71. The lowest BCUT2D eigenvalue weighted by Gasteiger charge is -2.07. The summed E-state index contributed by atoms with van der Waals surface area (Å²) >= 11 is 0. The molecular weight excluding hydrogens is 267 g/mol. The van der Waals surface area contributed by atoms with E-state index in [2.05, 4.69) is 9.71 Å². The Morgan fingerprint density at radius 3 is 2.74 bits per heavy atom. The standard InChI is InChI=1S/C13H15FN2O2S/c1-10-8-12(2-3-13(10)14)19(17,18)16-7-5-11-4-6-15-9-11/h2-4,6,8-9,15-16H,5,7H2,1H3. The highest BCUT2D eigenvalue weighted by Crippen LogP contribution is 2.14. The number of nitrogens with one attached hydrogen (secondary N) is 2. The first-order chi connectivity index (χ1) is 8.99. The number of aromatic nitrogens is 1. The van der Waals surface area contributed by atoms with Crippen molar-refractivity contribution in [1.82, 2.24) is 9.71 Å². The van der Waals surface area contributed by atoms with E-state index in [1.54, 1.807) is 6.20 Å². The number of aryl methyl sites for hydroxylation is 1. The average Bonchev–Trinajstić information content (AvgIpc) is 2.85. The number of sulfonamides is 1. The summed E-state index contributed by atoms with van der Waals surface area (Å²) in [5, 5.41) is 0. The van der Waals surface area contributed by atoms with E-state index in [0.29, 0.717) is 18.5 Å². The van der Waals surface area contributed by atoms with Crippen LogP contribution < -0.4 is 4.72 Å². The van der Waals surface area contributed by atoms with Crippen molar-refractivity contribution in [3.8, 4) is 0 Å². The van der Waals surface area contributed by atoms with E-state index in [4.69, 9.17) is 0 Å². The van der Waals surface area contributed by atoms with Crippen LogP contribution in [0.3, 0.4) is 0 Å². The number of benzene rings is 1. The van der Waals surface area contributed by atoms with E-state index in [-0.39, 0.29) is 4.90 Å². The first-order valence-electron chi connectivity index (χ1n) is 5.86. The van der Waals surface area contributed by atoms with Crippen LogP contribution in [0.15, 0.2) is 41.6 Å². The molecule has 0 atom stereocenters. The molecule has 0 saturated heterocycles. The molecule has 1 aromatic carbocycles. The Morgan fingerprint density at radius 2 is 2.11 bits per heavy atom. The predicted molar refractivity (Wildman–Crippen MR) is 70.8 cm³/mol. The molecule has 0 aliphatic rings. The lowest BCUT2D eigenvalue weighted by atomic mass is 10.2. The molecule has 0 spiro atoms. The van der Waals surface area contributed by atoms with Crippen LogP contribution in [0, 0.1) is 12.7 Å². The highest BCUT2D eigenvalue weighted by atomic mass is 32.2.